The van der Waals surface area contributed by atoms with Crippen LogP contribution in [0.25, 0.3) is 0 Å². The van der Waals surface area contributed by atoms with Crippen molar-refractivity contribution >= 4 is 34.1 Å². The molecule has 0 saturated carbocycles. The van der Waals surface area contributed by atoms with Gasteiger partial charge < -0.3 is 9.57 Å². The first kappa shape index (κ1) is 23.9. The van der Waals surface area contributed by atoms with Crippen molar-refractivity contribution in [3.63, 3.8) is 0 Å². The van der Waals surface area contributed by atoms with E-state index in [0.717, 1.165) is 10.6 Å². The molecule has 3 aromatic rings. The Labute approximate surface area is 195 Å². The fourth-order valence-electron chi connectivity index (χ4n) is 2.73. The number of benzene rings is 2. The van der Waals surface area contributed by atoms with Crippen LogP contribution in [0.5, 0.6) is 0 Å². The van der Waals surface area contributed by atoms with Crippen molar-refractivity contribution in [2.75, 3.05) is 18.5 Å². The number of carbonyl (C=O) groups excluding carboxylic acids is 1. The van der Waals surface area contributed by atoms with Gasteiger partial charge in [-0.2, -0.15) is 0 Å². The number of carbonyl (C=O) groups is 1. The number of amidine groups is 1. The summed E-state index contributed by atoms with van der Waals surface area (Å²) in [5.41, 5.74) is 2.47. The standard InChI is InChI=1S/C23H25N5O4S/c1-2-28(30)21(24)20(18-11-7-4-8-12-18)27-32-15-19-16-33-22(25-19)26-23(29)31-14-13-17-9-5-3-6-10-17/h3-12,16,24,30H,2,13-15H2,1H3,(H,25,26,29). The van der Waals surface area contributed by atoms with Crippen LogP contribution in [0.15, 0.2) is 71.2 Å². The van der Waals surface area contributed by atoms with E-state index in [1.807, 2.05) is 48.5 Å². The number of oxime groups is 1. The van der Waals surface area contributed by atoms with Gasteiger partial charge in [-0.1, -0.05) is 65.8 Å². The molecular weight excluding hydrogens is 442 g/mol. The molecule has 9 nitrogen and oxygen atoms in total. The van der Waals surface area contributed by atoms with Crippen molar-refractivity contribution in [2.45, 2.75) is 20.0 Å². The molecular formula is C23H25N5O4S. The van der Waals surface area contributed by atoms with E-state index in [1.165, 1.54) is 11.3 Å². The minimum absolute atomic E-state index is 0.0302. The quantitative estimate of drug-likeness (QED) is 0.229. The molecule has 0 spiro atoms. The predicted octanol–water partition coefficient (Wildman–Crippen LogP) is 4.54. The van der Waals surface area contributed by atoms with E-state index in [4.69, 9.17) is 15.0 Å². The number of aromatic nitrogens is 1. The number of nitrogens with zero attached hydrogens (tertiary/aromatic N) is 3. The zero-order chi connectivity index (χ0) is 23.5. The van der Waals surface area contributed by atoms with Gasteiger partial charge in [-0.3, -0.25) is 15.9 Å². The number of hydroxylamine groups is 2. The number of anilines is 1. The summed E-state index contributed by atoms with van der Waals surface area (Å²) in [7, 11) is 0. The molecule has 0 aliphatic heterocycles. The highest BCUT2D eigenvalue weighted by Gasteiger charge is 2.16. The van der Waals surface area contributed by atoms with Gasteiger partial charge >= 0.3 is 6.09 Å². The van der Waals surface area contributed by atoms with Gasteiger partial charge in [0.15, 0.2) is 23.3 Å². The van der Waals surface area contributed by atoms with Gasteiger partial charge in [0.2, 0.25) is 0 Å². The van der Waals surface area contributed by atoms with Gasteiger partial charge in [0, 0.05) is 23.9 Å². The number of thiazole rings is 1. The van der Waals surface area contributed by atoms with Crippen LogP contribution in [-0.4, -0.2) is 46.0 Å². The monoisotopic (exact) mass is 467 g/mol. The van der Waals surface area contributed by atoms with Crippen molar-refractivity contribution < 1.29 is 19.6 Å². The van der Waals surface area contributed by atoms with Gasteiger partial charge in [-0.15, -0.1) is 11.3 Å². The average Bonchev–Trinajstić information content (AvgIpc) is 3.29. The van der Waals surface area contributed by atoms with E-state index in [1.54, 1.807) is 24.4 Å². The van der Waals surface area contributed by atoms with E-state index in [9.17, 15) is 10.0 Å². The van der Waals surface area contributed by atoms with Crippen LogP contribution in [0.3, 0.4) is 0 Å². The highest BCUT2D eigenvalue weighted by molar-refractivity contribution is 7.13. The molecule has 33 heavy (non-hydrogen) atoms. The average molecular weight is 468 g/mol. The molecule has 0 atom stereocenters. The number of nitrogens with one attached hydrogen (secondary N) is 2. The second kappa shape index (κ2) is 12.3. The van der Waals surface area contributed by atoms with Crippen LogP contribution in [0.4, 0.5) is 9.93 Å². The number of amides is 1. The molecule has 172 valence electrons. The maximum absolute atomic E-state index is 12.0. The largest absolute Gasteiger partial charge is 0.449 e. The Morgan fingerprint density at radius 1 is 1.18 bits per heavy atom. The highest BCUT2D eigenvalue weighted by atomic mass is 32.1. The van der Waals surface area contributed by atoms with Crippen molar-refractivity contribution in [1.82, 2.24) is 10.0 Å². The Balaban J connectivity index is 1.52. The van der Waals surface area contributed by atoms with E-state index >= 15 is 0 Å². The van der Waals surface area contributed by atoms with Crippen LogP contribution in [-0.2, 0) is 22.6 Å². The maximum atomic E-state index is 12.0. The molecule has 0 aliphatic rings. The third-order valence-electron chi connectivity index (χ3n) is 4.42. The van der Waals surface area contributed by atoms with Gasteiger partial charge in [0.1, 0.15) is 0 Å². The highest BCUT2D eigenvalue weighted by Crippen LogP contribution is 2.17. The summed E-state index contributed by atoms with van der Waals surface area (Å²) in [6.07, 6.45) is 0.0545. The molecule has 10 heteroatoms. The van der Waals surface area contributed by atoms with Crippen LogP contribution in [0, 0.1) is 5.41 Å². The molecule has 2 aromatic carbocycles. The molecule has 0 radical (unpaired) electrons. The molecule has 0 saturated heterocycles. The molecule has 0 fully saturated rings. The molecule has 0 bridgehead atoms. The summed E-state index contributed by atoms with van der Waals surface area (Å²) in [5, 5.41) is 27.6. The summed E-state index contributed by atoms with van der Waals surface area (Å²) >= 11 is 1.24. The number of hydrogen-bond donors (Lipinski definition) is 3. The lowest BCUT2D eigenvalue weighted by molar-refractivity contribution is -0.00791. The second-order valence-electron chi connectivity index (χ2n) is 6.78. The summed E-state index contributed by atoms with van der Waals surface area (Å²) in [6, 6.07) is 18.8. The molecule has 3 N–H and O–H groups in total. The molecule has 1 aromatic heterocycles. The van der Waals surface area contributed by atoms with E-state index < -0.39 is 6.09 Å². The topological polar surface area (TPSA) is 120 Å². The van der Waals surface area contributed by atoms with Crippen LogP contribution in [0.2, 0.25) is 0 Å². The molecule has 0 aliphatic carbocycles. The summed E-state index contributed by atoms with van der Waals surface area (Å²) in [6.45, 7) is 2.24. The van der Waals surface area contributed by atoms with E-state index in [2.05, 4.69) is 15.5 Å². The second-order valence-corrected chi connectivity index (χ2v) is 7.64. The maximum Gasteiger partial charge on any atom is 0.413 e. The summed E-state index contributed by atoms with van der Waals surface area (Å²) in [4.78, 5) is 21.6. The summed E-state index contributed by atoms with van der Waals surface area (Å²) in [5.74, 6) is -0.178. The fraction of sp³-hybridized carbons (Fsp3) is 0.217. The SMILES string of the molecule is CCN(O)C(=N)C(=NOCc1csc(NC(=O)OCCc2ccccc2)n1)c1ccccc1. The summed E-state index contributed by atoms with van der Waals surface area (Å²) < 4.78 is 5.19. The Morgan fingerprint density at radius 3 is 2.58 bits per heavy atom. The minimum atomic E-state index is -0.576. The first-order valence-corrected chi connectivity index (χ1v) is 11.2. The number of ether oxygens (including phenoxy) is 1. The lowest BCUT2D eigenvalue weighted by Crippen LogP contribution is -2.33. The van der Waals surface area contributed by atoms with Gasteiger partial charge in [-0.05, 0) is 12.5 Å². The Bertz CT molecular complexity index is 1070. The molecule has 1 amide bonds. The smallest absolute Gasteiger partial charge is 0.413 e. The van der Waals surface area contributed by atoms with E-state index in [0.29, 0.717) is 22.8 Å². The molecule has 1 heterocycles. The number of likely N-dealkylation sites (N-methyl/N-ethyl adjacent to an activating group) is 1. The van der Waals surface area contributed by atoms with Crippen molar-refractivity contribution in [1.29, 1.82) is 5.41 Å². The van der Waals surface area contributed by atoms with Crippen LogP contribution in [0.1, 0.15) is 23.7 Å². The molecule has 0 unspecified atom stereocenters. The first-order valence-electron chi connectivity index (χ1n) is 10.3. The fourth-order valence-corrected chi connectivity index (χ4v) is 3.41. The normalized spacial score (nSPS) is 11.0. The van der Waals surface area contributed by atoms with Gasteiger partial charge in [-0.25, -0.2) is 14.8 Å². The van der Waals surface area contributed by atoms with Crippen LogP contribution < -0.4 is 5.32 Å². The zero-order valence-corrected chi connectivity index (χ0v) is 18.9. The first-order chi connectivity index (χ1) is 16.1. The third-order valence-corrected chi connectivity index (χ3v) is 5.23. The molecule has 3 rings (SSSR count). The zero-order valence-electron chi connectivity index (χ0n) is 18.1. The lowest BCUT2D eigenvalue weighted by Gasteiger charge is -2.16. The van der Waals surface area contributed by atoms with Gasteiger partial charge in [0.05, 0.1) is 12.3 Å². The Morgan fingerprint density at radius 2 is 1.88 bits per heavy atom. The predicted molar refractivity (Wildman–Crippen MR) is 127 cm³/mol. The lowest BCUT2D eigenvalue weighted by atomic mass is 10.1. The van der Waals surface area contributed by atoms with E-state index in [-0.39, 0.29) is 31.3 Å². The number of hydrogen-bond acceptors (Lipinski definition) is 8. The van der Waals surface area contributed by atoms with Crippen LogP contribution >= 0.6 is 11.3 Å². The minimum Gasteiger partial charge on any atom is -0.449 e. The Kier molecular flexibility index (Phi) is 8.92. The Hall–Kier alpha value is -3.76. The van der Waals surface area contributed by atoms with Gasteiger partial charge in [0.25, 0.3) is 0 Å². The van der Waals surface area contributed by atoms with Crippen molar-refractivity contribution in [3.8, 4) is 0 Å². The van der Waals surface area contributed by atoms with Crippen molar-refractivity contribution in [2.24, 2.45) is 5.16 Å². The number of rotatable bonds is 10. The third kappa shape index (κ3) is 7.41. The van der Waals surface area contributed by atoms with Crippen molar-refractivity contribution in [3.05, 3.63) is 82.9 Å².